The standard InChI is InChI=1S/C19H18FN3O3/c1-3-13-6-4-5-12(2)17(13)21-16(24)11-23-19(25)26-18(22-23)14-7-9-15(20)10-8-14/h4-10H,3,11H2,1-2H3,(H,21,24). The second kappa shape index (κ2) is 7.35. The number of rotatable bonds is 5. The molecule has 0 atom stereocenters. The third kappa shape index (κ3) is 3.72. The normalized spacial score (nSPS) is 10.7. The minimum Gasteiger partial charge on any atom is -0.388 e. The van der Waals surface area contributed by atoms with E-state index in [0.717, 1.165) is 27.9 Å². The second-order valence-electron chi connectivity index (χ2n) is 5.85. The van der Waals surface area contributed by atoms with E-state index in [1.165, 1.54) is 24.3 Å². The zero-order valence-corrected chi connectivity index (χ0v) is 14.5. The number of amides is 1. The van der Waals surface area contributed by atoms with Gasteiger partial charge in [-0.25, -0.2) is 9.18 Å². The Hall–Kier alpha value is -3.22. The number of para-hydroxylation sites is 1. The highest BCUT2D eigenvalue weighted by Crippen LogP contribution is 2.21. The van der Waals surface area contributed by atoms with Crippen LogP contribution in [0.25, 0.3) is 11.5 Å². The fourth-order valence-corrected chi connectivity index (χ4v) is 2.63. The van der Waals surface area contributed by atoms with Crippen molar-refractivity contribution in [3.05, 3.63) is 70.0 Å². The third-order valence-electron chi connectivity index (χ3n) is 4.00. The van der Waals surface area contributed by atoms with Crippen LogP contribution in [0.1, 0.15) is 18.1 Å². The van der Waals surface area contributed by atoms with Crippen molar-refractivity contribution in [3.63, 3.8) is 0 Å². The molecule has 0 saturated carbocycles. The number of hydrogen-bond donors (Lipinski definition) is 1. The van der Waals surface area contributed by atoms with Gasteiger partial charge in [-0.15, -0.1) is 5.10 Å². The number of benzene rings is 2. The van der Waals surface area contributed by atoms with Gasteiger partial charge in [0, 0.05) is 11.3 Å². The third-order valence-corrected chi connectivity index (χ3v) is 4.00. The summed E-state index contributed by atoms with van der Waals surface area (Å²) in [5.41, 5.74) is 3.15. The summed E-state index contributed by atoms with van der Waals surface area (Å²) < 4.78 is 19.0. The van der Waals surface area contributed by atoms with Gasteiger partial charge in [-0.1, -0.05) is 25.1 Å². The molecule has 1 N–H and O–H groups in total. The first-order valence-corrected chi connectivity index (χ1v) is 8.20. The van der Waals surface area contributed by atoms with Gasteiger partial charge in [0.15, 0.2) is 0 Å². The van der Waals surface area contributed by atoms with Crippen LogP contribution in [0.5, 0.6) is 0 Å². The van der Waals surface area contributed by atoms with Crippen molar-refractivity contribution in [3.8, 4) is 11.5 Å². The Kier molecular flexibility index (Phi) is 4.97. The molecule has 3 aromatic rings. The SMILES string of the molecule is CCc1cccc(C)c1NC(=O)Cn1nc(-c2ccc(F)cc2)oc1=O. The van der Waals surface area contributed by atoms with Gasteiger partial charge < -0.3 is 9.73 Å². The summed E-state index contributed by atoms with van der Waals surface area (Å²) in [6.45, 7) is 3.63. The van der Waals surface area contributed by atoms with Gasteiger partial charge in [-0.2, -0.15) is 4.68 Å². The molecule has 1 amide bonds. The summed E-state index contributed by atoms with van der Waals surface area (Å²) in [4.78, 5) is 24.3. The predicted molar refractivity (Wildman–Crippen MR) is 95.3 cm³/mol. The zero-order valence-electron chi connectivity index (χ0n) is 14.5. The number of nitrogens with one attached hydrogen (secondary N) is 1. The summed E-state index contributed by atoms with van der Waals surface area (Å²) in [5, 5.41) is 6.84. The van der Waals surface area contributed by atoms with Crippen LogP contribution in [0.4, 0.5) is 10.1 Å². The fourth-order valence-electron chi connectivity index (χ4n) is 2.63. The van der Waals surface area contributed by atoms with Gasteiger partial charge in [0.1, 0.15) is 12.4 Å². The molecule has 3 rings (SSSR count). The molecule has 134 valence electrons. The molecule has 6 nitrogen and oxygen atoms in total. The number of aromatic nitrogens is 2. The van der Waals surface area contributed by atoms with Crippen molar-refractivity contribution in [2.75, 3.05) is 5.32 Å². The van der Waals surface area contributed by atoms with E-state index < -0.39 is 11.6 Å². The van der Waals surface area contributed by atoms with Crippen molar-refractivity contribution < 1.29 is 13.6 Å². The zero-order chi connectivity index (χ0) is 18.7. The average molecular weight is 355 g/mol. The largest absolute Gasteiger partial charge is 0.437 e. The lowest BCUT2D eigenvalue weighted by Gasteiger charge is -2.12. The maximum atomic E-state index is 13.0. The monoisotopic (exact) mass is 355 g/mol. The van der Waals surface area contributed by atoms with Crippen LogP contribution >= 0.6 is 0 Å². The van der Waals surface area contributed by atoms with E-state index in [-0.39, 0.29) is 18.3 Å². The van der Waals surface area contributed by atoms with Crippen LogP contribution in [0.3, 0.4) is 0 Å². The van der Waals surface area contributed by atoms with Gasteiger partial charge in [0.2, 0.25) is 11.8 Å². The second-order valence-corrected chi connectivity index (χ2v) is 5.85. The molecule has 0 fully saturated rings. The maximum Gasteiger partial charge on any atom is 0.437 e. The molecule has 0 unspecified atom stereocenters. The van der Waals surface area contributed by atoms with E-state index in [9.17, 15) is 14.0 Å². The first kappa shape index (κ1) is 17.6. The van der Waals surface area contributed by atoms with E-state index in [1.807, 2.05) is 32.0 Å². The number of halogens is 1. The molecule has 0 bridgehead atoms. The van der Waals surface area contributed by atoms with Crippen LogP contribution in [-0.4, -0.2) is 15.7 Å². The van der Waals surface area contributed by atoms with Crippen molar-refractivity contribution >= 4 is 11.6 Å². The van der Waals surface area contributed by atoms with Crippen LogP contribution in [0, 0.1) is 12.7 Å². The molecule has 0 aliphatic carbocycles. The lowest BCUT2D eigenvalue weighted by molar-refractivity contribution is -0.117. The van der Waals surface area contributed by atoms with Gasteiger partial charge in [-0.05, 0) is 48.7 Å². The Labute approximate surface area is 149 Å². The molecular formula is C19H18FN3O3. The summed E-state index contributed by atoms with van der Waals surface area (Å²) >= 11 is 0. The smallest absolute Gasteiger partial charge is 0.388 e. The van der Waals surface area contributed by atoms with Crippen molar-refractivity contribution in [2.24, 2.45) is 0 Å². The Morgan fingerprint density at radius 3 is 2.65 bits per heavy atom. The topological polar surface area (TPSA) is 77.1 Å². The molecule has 7 heteroatoms. The molecule has 0 aliphatic rings. The van der Waals surface area contributed by atoms with Crippen LogP contribution in [0.15, 0.2) is 51.7 Å². The van der Waals surface area contributed by atoms with Gasteiger partial charge in [-0.3, -0.25) is 4.79 Å². The van der Waals surface area contributed by atoms with Crippen molar-refractivity contribution in [1.29, 1.82) is 0 Å². The lowest BCUT2D eigenvalue weighted by atomic mass is 10.1. The van der Waals surface area contributed by atoms with E-state index in [2.05, 4.69) is 10.4 Å². The summed E-state index contributed by atoms with van der Waals surface area (Å²) in [5.74, 6) is -1.50. The quantitative estimate of drug-likeness (QED) is 0.763. The number of nitrogens with zero attached hydrogens (tertiary/aromatic N) is 2. The number of carbonyl (C=O) groups is 1. The number of anilines is 1. The molecule has 0 saturated heterocycles. The van der Waals surface area contributed by atoms with E-state index in [4.69, 9.17) is 4.42 Å². The van der Waals surface area contributed by atoms with Crippen LogP contribution < -0.4 is 11.1 Å². The molecule has 0 spiro atoms. The van der Waals surface area contributed by atoms with E-state index in [0.29, 0.717) is 5.56 Å². The highest BCUT2D eigenvalue weighted by molar-refractivity contribution is 5.92. The summed E-state index contributed by atoms with van der Waals surface area (Å²) in [6, 6.07) is 11.2. The van der Waals surface area contributed by atoms with Crippen LogP contribution in [-0.2, 0) is 17.8 Å². The molecule has 0 radical (unpaired) electrons. The van der Waals surface area contributed by atoms with Gasteiger partial charge in [0.25, 0.3) is 0 Å². The Morgan fingerprint density at radius 1 is 1.23 bits per heavy atom. The predicted octanol–water partition coefficient (Wildman–Crippen LogP) is 3.15. The average Bonchev–Trinajstić information content (AvgIpc) is 2.98. The molecule has 26 heavy (non-hydrogen) atoms. The van der Waals surface area contributed by atoms with E-state index >= 15 is 0 Å². The first-order chi connectivity index (χ1) is 12.5. The Bertz CT molecular complexity index is 990. The maximum absolute atomic E-state index is 13.0. The first-order valence-electron chi connectivity index (χ1n) is 8.20. The molecular weight excluding hydrogens is 337 g/mol. The molecule has 0 aliphatic heterocycles. The van der Waals surface area contributed by atoms with Crippen molar-refractivity contribution in [1.82, 2.24) is 9.78 Å². The Morgan fingerprint density at radius 2 is 1.96 bits per heavy atom. The van der Waals surface area contributed by atoms with Crippen molar-refractivity contribution in [2.45, 2.75) is 26.8 Å². The summed E-state index contributed by atoms with van der Waals surface area (Å²) in [7, 11) is 0. The highest BCUT2D eigenvalue weighted by Gasteiger charge is 2.15. The fraction of sp³-hybridized carbons (Fsp3) is 0.211. The molecule has 2 aromatic carbocycles. The minimum absolute atomic E-state index is 0.0351. The Balaban J connectivity index is 1.78. The number of hydrogen-bond acceptors (Lipinski definition) is 4. The minimum atomic E-state index is -0.750. The lowest BCUT2D eigenvalue weighted by Crippen LogP contribution is -2.26. The van der Waals surface area contributed by atoms with Gasteiger partial charge >= 0.3 is 5.76 Å². The van der Waals surface area contributed by atoms with Crippen LogP contribution in [0.2, 0.25) is 0 Å². The number of aryl methyl sites for hydroxylation is 2. The molecule has 1 aromatic heterocycles. The van der Waals surface area contributed by atoms with Gasteiger partial charge in [0.05, 0.1) is 0 Å². The highest BCUT2D eigenvalue weighted by atomic mass is 19.1. The number of carbonyl (C=O) groups excluding carboxylic acids is 1. The summed E-state index contributed by atoms with van der Waals surface area (Å²) in [6.07, 6.45) is 0.774. The molecule has 1 heterocycles. The van der Waals surface area contributed by atoms with E-state index in [1.54, 1.807) is 0 Å².